The molecule has 22 heavy (non-hydrogen) atoms. The Labute approximate surface area is 153 Å². The molecule has 2 aromatic rings. The minimum Gasteiger partial charge on any atom is -0.276 e. The van der Waals surface area contributed by atoms with Crippen LogP contribution >= 0.6 is 43.5 Å². The Hall–Kier alpha value is -0.640. The molecule has 0 aliphatic carbocycles. The Morgan fingerprint density at radius 2 is 1.64 bits per heavy atom. The number of halogens is 3. The topological polar surface area (TPSA) is 17.1 Å². The first kappa shape index (κ1) is 17.7. The van der Waals surface area contributed by atoms with Crippen molar-refractivity contribution >= 4 is 48.7 Å². The second kappa shape index (κ2) is 8.28. The SMILES string of the molecule is Cc1cc(Br)c(CCCCc2ccc(C(=O)Cl)cc2)cc1Br. The zero-order valence-corrected chi connectivity index (χ0v) is 16.3. The third-order valence-corrected chi connectivity index (χ3v) is 5.48. The summed E-state index contributed by atoms with van der Waals surface area (Å²) in [5, 5.41) is -0.402. The van der Waals surface area contributed by atoms with Gasteiger partial charge >= 0.3 is 0 Å². The average molecular weight is 445 g/mol. The monoisotopic (exact) mass is 442 g/mol. The summed E-state index contributed by atoms with van der Waals surface area (Å²) in [6.07, 6.45) is 4.31. The van der Waals surface area contributed by atoms with E-state index in [1.165, 1.54) is 21.2 Å². The van der Waals surface area contributed by atoms with Gasteiger partial charge in [-0.15, -0.1) is 0 Å². The predicted molar refractivity (Wildman–Crippen MR) is 99.8 cm³/mol. The molecule has 0 radical (unpaired) electrons. The molecular formula is C18H17Br2ClO. The van der Waals surface area contributed by atoms with Gasteiger partial charge in [-0.25, -0.2) is 0 Å². The molecule has 0 N–H and O–H groups in total. The Morgan fingerprint density at radius 1 is 1.00 bits per heavy atom. The van der Waals surface area contributed by atoms with Crippen molar-refractivity contribution in [3.8, 4) is 0 Å². The summed E-state index contributed by atoms with van der Waals surface area (Å²) in [6.45, 7) is 2.09. The van der Waals surface area contributed by atoms with Crippen LogP contribution in [-0.2, 0) is 12.8 Å². The molecule has 1 nitrogen and oxygen atoms in total. The van der Waals surface area contributed by atoms with Crippen molar-refractivity contribution < 1.29 is 4.79 Å². The molecule has 0 aromatic heterocycles. The first-order valence-electron chi connectivity index (χ1n) is 7.20. The van der Waals surface area contributed by atoms with Gasteiger partial charge in [-0.05, 0) is 85.2 Å². The third-order valence-electron chi connectivity index (χ3n) is 3.67. The molecule has 0 saturated heterocycles. The number of hydrogen-bond donors (Lipinski definition) is 0. The fourth-order valence-corrected chi connectivity index (χ4v) is 3.50. The van der Waals surface area contributed by atoms with Crippen LogP contribution < -0.4 is 0 Å². The molecule has 0 fully saturated rings. The summed E-state index contributed by atoms with van der Waals surface area (Å²) in [4.78, 5) is 11.0. The van der Waals surface area contributed by atoms with Crippen LogP contribution in [-0.4, -0.2) is 5.24 Å². The van der Waals surface area contributed by atoms with Crippen molar-refractivity contribution in [2.45, 2.75) is 32.6 Å². The second-order valence-corrected chi connectivity index (χ2v) is 7.42. The van der Waals surface area contributed by atoms with E-state index in [2.05, 4.69) is 50.9 Å². The Kier molecular flexibility index (Phi) is 6.66. The summed E-state index contributed by atoms with van der Waals surface area (Å²) in [5.74, 6) is 0. The summed E-state index contributed by atoms with van der Waals surface area (Å²) >= 11 is 12.7. The molecule has 116 valence electrons. The van der Waals surface area contributed by atoms with Crippen LogP contribution in [0.25, 0.3) is 0 Å². The minimum atomic E-state index is -0.402. The Balaban J connectivity index is 1.84. The first-order chi connectivity index (χ1) is 10.5. The maximum absolute atomic E-state index is 11.0. The number of benzene rings is 2. The van der Waals surface area contributed by atoms with Crippen molar-refractivity contribution in [3.05, 3.63) is 67.6 Å². The molecule has 0 aliphatic heterocycles. The highest BCUT2D eigenvalue weighted by molar-refractivity contribution is 9.11. The maximum Gasteiger partial charge on any atom is 0.252 e. The zero-order chi connectivity index (χ0) is 16.1. The van der Waals surface area contributed by atoms with Crippen molar-refractivity contribution in [2.24, 2.45) is 0 Å². The third kappa shape index (κ3) is 4.94. The van der Waals surface area contributed by atoms with Crippen molar-refractivity contribution in [1.82, 2.24) is 0 Å². The minimum absolute atomic E-state index is 0.402. The van der Waals surface area contributed by atoms with Crippen LogP contribution in [0.1, 0.15) is 39.9 Å². The van der Waals surface area contributed by atoms with Gasteiger partial charge < -0.3 is 0 Å². The van der Waals surface area contributed by atoms with E-state index in [-0.39, 0.29) is 0 Å². The Morgan fingerprint density at radius 3 is 2.27 bits per heavy atom. The molecule has 0 bridgehead atoms. The van der Waals surface area contributed by atoms with Crippen LogP contribution in [0.2, 0.25) is 0 Å². The molecule has 0 unspecified atom stereocenters. The lowest BCUT2D eigenvalue weighted by Crippen LogP contribution is -1.93. The molecular weight excluding hydrogens is 427 g/mol. The van der Waals surface area contributed by atoms with Crippen LogP contribution in [0.5, 0.6) is 0 Å². The molecule has 0 spiro atoms. The van der Waals surface area contributed by atoms with Gasteiger partial charge in [-0.3, -0.25) is 4.79 Å². The van der Waals surface area contributed by atoms with Crippen LogP contribution in [0.15, 0.2) is 45.3 Å². The molecule has 0 atom stereocenters. The van der Waals surface area contributed by atoms with E-state index >= 15 is 0 Å². The van der Waals surface area contributed by atoms with Crippen LogP contribution in [0.4, 0.5) is 0 Å². The van der Waals surface area contributed by atoms with E-state index in [0.29, 0.717) is 5.56 Å². The average Bonchev–Trinajstić information content (AvgIpc) is 2.49. The number of hydrogen-bond acceptors (Lipinski definition) is 1. The van der Waals surface area contributed by atoms with Crippen molar-refractivity contribution in [2.75, 3.05) is 0 Å². The van der Waals surface area contributed by atoms with E-state index in [0.717, 1.165) is 30.2 Å². The molecule has 0 amide bonds. The molecule has 0 aliphatic rings. The number of carbonyl (C=O) groups excluding carboxylic acids is 1. The van der Waals surface area contributed by atoms with Crippen LogP contribution in [0, 0.1) is 6.92 Å². The van der Waals surface area contributed by atoms with E-state index in [1.807, 2.05) is 12.1 Å². The van der Waals surface area contributed by atoms with E-state index in [4.69, 9.17) is 11.6 Å². The van der Waals surface area contributed by atoms with E-state index in [1.54, 1.807) is 12.1 Å². The normalized spacial score (nSPS) is 10.7. The van der Waals surface area contributed by atoms with Gasteiger partial charge in [0.1, 0.15) is 0 Å². The largest absolute Gasteiger partial charge is 0.276 e. The lowest BCUT2D eigenvalue weighted by atomic mass is 10.0. The van der Waals surface area contributed by atoms with Gasteiger partial charge in [-0.1, -0.05) is 44.0 Å². The maximum atomic E-state index is 11.0. The van der Waals surface area contributed by atoms with Gasteiger partial charge in [0.05, 0.1) is 0 Å². The summed E-state index contributed by atoms with van der Waals surface area (Å²) in [5.41, 5.74) is 4.37. The predicted octanol–water partition coefficient (Wildman–Crippen LogP) is 6.46. The molecule has 2 rings (SSSR count). The zero-order valence-electron chi connectivity index (χ0n) is 12.3. The van der Waals surface area contributed by atoms with Crippen LogP contribution in [0.3, 0.4) is 0 Å². The number of rotatable bonds is 6. The summed E-state index contributed by atoms with van der Waals surface area (Å²) in [6, 6.07) is 11.9. The van der Waals surface area contributed by atoms with E-state index in [9.17, 15) is 4.79 Å². The highest BCUT2D eigenvalue weighted by atomic mass is 79.9. The highest BCUT2D eigenvalue weighted by Gasteiger charge is 2.05. The number of carbonyl (C=O) groups is 1. The van der Waals surface area contributed by atoms with Crippen molar-refractivity contribution in [3.63, 3.8) is 0 Å². The van der Waals surface area contributed by atoms with Gasteiger partial charge in [0.25, 0.3) is 5.24 Å². The fourth-order valence-electron chi connectivity index (χ4n) is 2.33. The van der Waals surface area contributed by atoms with Gasteiger partial charge in [0.2, 0.25) is 0 Å². The second-order valence-electron chi connectivity index (χ2n) is 5.37. The molecule has 4 heteroatoms. The summed E-state index contributed by atoms with van der Waals surface area (Å²) < 4.78 is 2.34. The fraction of sp³-hybridized carbons (Fsp3) is 0.278. The summed E-state index contributed by atoms with van der Waals surface area (Å²) in [7, 11) is 0. The smallest absolute Gasteiger partial charge is 0.252 e. The van der Waals surface area contributed by atoms with Crippen molar-refractivity contribution in [1.29, 1.82) is 0 Å². The number of aryl methyl sites for hydroxylation is 3. The van der Waals surface area contributed by atoms with E-state index < -0.39 is 5.24 Å². The van der Waals surface area contributed by atoms with Gasteiger partial charge in [-0.2, -0.15) is 0 Å². The molecule has 2 aromatic carbocycles. The number of unbranched alkanes of at least 4 members (excludes halogenated alkanes) is 1. The van der Waals surface area contributed by atoms with Gasteiger partial charge in [0, 0.05) is 14.5 Å². The standard InChI is InChI=1S/C18H17Br2ClO/c1-12-10-17(20)15(11-16(12)19)5-3-2-4-13-6-8-14(9-7-13)18(21)22/h6-11H,2-5H2,1H3. The lowest BCUT2D eigenvalue weighted by Gasteiger charge is -2.08. The quantitative estimate of drug-likeness (QED) is 0.369. The molecule has 0 heterocycles. The Bertz CT molecular complexity index is 666. The first-order valence-corrected chi connectivity index (χ1v) is 9.17. The molecule has 0 saturated carbocycles. The van der Waals surface area contributed by atoms with Gasteiger partial charge in [0.15, 0.2) is 0 Å². The lowest BCUT2D eigenvalue weighted by molar-refractivity contribution is 0.108. The highest BCUT2D eigenvalue weighted by Crippen LogP contribution is 2.26.